The molecule has 130 valence electrons. The third-order valence-electron chi connectivity index (χ3n) is 4.00. The molecule has 1 saturated heterocycles. The zero-order valence-electron chi connectivity index (χ0n) is 13.9. The van der Waals surface area contributed by atoms with Crippen LogP contribution in [-0.2, 0) is 11.3 Å². The van der Waals surface area contributed by atoms with Crippen LogP contribution in [0.25, 0.3) is 0 Å². The van der Waals surface area contributed by atoms with E-state index in [-0.39, 0.29) is 24.4 Å². The summed E-state index contributed by atoms with van der Waals surface area (Å²) in [5.74, 6) is 0.721. The Morgan fingerprint density at radius 2 is 2.08 bits per heavy atom. The zero-order valence-corrected chi connectivity index (χ0v) is 13.9. The molecule has 1 aromatic carbocycles. The molecule has 0 unspecified atom stereocenters. The maximum Gasteiger partial charge on any atom is 0.315 e. The van der Waals surface area contributed by atoms with Gasteiger partial charge in [0, 0.05) is 24.8 Å². The van der Waals surface area contributed by atoms with Crippen LogP contribution in [-0.4, -0.2) is 36.6 Å². The minimum atomic E-state index is -0.306. The van der Waals surface area contributed by atoms with Crippen molar-refractivity contribution in [3.05, 3.63) is 54.4 Å². The zero-order chi connectivity index (χ0) is 17.6. The number of hydrogen-bond acceptors (Lipinski definition) is 4. The van der Waals surface area contributed by atoms with Crippen molar-refractivity contribution in [2.24, 2.45) is 0 Å². The van der Waals surface area contributed by atoms with Gasteiger partial charge < -0.3 is 20.3 Å². The Balaban J connectivity index is 1.52. The van der Waals surface area contributed by atoms with Gasteiger partial charge in [-0.05, 0) is 36.4 Å². The number of hydrogen-bond donors (Lipinski definition) is 2. The molecule has 3 rings (SSSR count). The average molecular weight is 340 g/mol. The summed E-state index contributed by atoms with van der Waals surface area (Å²) < 4.78 is 5.12. The molecule has 0 spiro atoms. The van der Waals surface area contributed by atoms with Crippen LogP contribution in [0.4, 0.5) is 10.5 Å². The van der Waals surface area contributed by atoms with Crippen LogP contribution in [0.3, 0.4) is 0 Å². The molecule has 2 N–H and O–H groups in total. The Kier molecular flexibility index (Phi) is 5.13. The van der Waals surface area contributed by atoms with E-state index in [2.05, 4.69) is 15.6 Å². The second-order valence-electron chi connectivity index (χ2n) is 5.75. The van der Waals surface area contributed by atoms with Gasteiger partial charge in [-0.3, -0.25) is 9.78 Å². The third-order valence-corrected chi connectivity index (χ3v) is 4.00. The molecule has 0 aliphatic carbocycles. The van der Waals surface area contributed by atoms with Crippen molar-refractivity contribution < 1.29 is 14.3 Å². The van der Waals surface area contributed by atoms with E-state index in [1.165, 1.54) is 0 Å². The number of aromatic nitrogens is 1. The Morgan fingerprint density at radius 3 is 2.76 bits per heavy atom. The molecule has 7 nitrogen and oxygen atoms in total. The van der Waals surface area contributed by atoms with Crippen molar-refractivity contribution in [2.45, 2.75) is 19.0 Å². The first kappa shape index (κ1) is 16.8. The number of benzene rings is 1. The average Bonchev–Trinajstić information content (AvgIpc) is 3.01. The van der Waals surface area contributed by atoms with Crippen LogP contribution >= 0.6 is 0 Å². The fourth-order valence-electron chi connectivity index (χ4n) is 2.73. The van der Waals surface area contributed by atoms with E-state index in [1.807, 2.05) is 42.5 Å². The highest BCUT2D eigenvalue weighted by molar-refractivity contribution is 5.96. The Hall–Kier alpha value is -3.09. The van der Waals surface area contributed by atoms with Gasteiger partial charge in [-0.1, -0.05) is 6.07 Å². The van der Waals surface area contributed by atoms with E-state index in [1.54, 1.807) is 18.2 Å². The summed E-state index contributed by atoms with van der Waals surface area (Å²) in [5.41, 5.74) is 1.57. The van der Waals surface area contributed by atoms with Gasteiger partial charge in [0.1, 0.15) is 5.75 Å². The van der Waals surface area contributed by atoms with Gasteiger partial charge in [0.15, 0.2) is 0 Å². The highest BCUT2D eigenvalue weighted by atomic mass is 16.5. The van der Waals surface area contributed by atoms with Crippen LogP contribution in [0.1, 0.15) is 12.1 Å². The van der Waals surface area contributed by atoms with Crippen LogP contribution in [0.2, 0.25) is 0 Å². The summed E-state index contributed by atoms with van der Waals surface area (Å²) in [6.45, 7) is 0.789. The Morgan fingerprint density at radius 1 is 1.28 bits per heavy atom. The van der Waals surface area contributed by atoms with Crippen molar-refractivity contribution in [1.82, 2.24) is 15.6 Å². The second kappa shape index (κ2) is 7.65. The molecule has 1 fully saturated rings. The number of amides is 3. The molecule has 0 saturated carbocycles. The van der Waals surface area contributed by atoms with Gasteiger partial charge in [-0.2, -0.15) is 0 Å². The van der Waals surface area contributed by atoms with Crippen molar-refractivity contribution in [3.63, 3.8) is 0 Å². The molecule has 0 bridgehead atoms. The smallest absolute Gasteiger partial charge is 0.315 e. The molecule has 3 amide bonds. The normalized spacial score (nSPS) is 16.6. The second-order valence-corrected chi connectivity index (χ2v) is 5.75. The number of pyridine rings is 1. The van der Waals surface area contributed by atoms with Crippen LogP contribution in [0.5, 0.6) is 5.75 Å². The number of carbonyl (C=O) groups is 2. The molecule has 7 heteroatoms. The summed E-state index contributed by atoms with van der Waals surface area (Å²) in [7, 11) is 1.60. The molecule has 25 heavy (non-hydrogen) atoms. The molecular formula is C18H20N4O3. The van der Waals surface area contributed by atoms with Crippen LogP contribution in [0.15, 0.2) is 48.7 Å². The van der Waals surface area contributed by atoms with E-state index in [4.69, 9.17) is 4.74 Å². The molecule has 2 aromatic rings. The van der Waals surface area contributed by atoms with Gasteiger partial charge in [-0.25, -0.2) is 4.79 Å². The standard InChI is InChI=1S/C18H20N4O3/c1-25-16-7-5-15(6-8-16)22-12-14(10-17(22)23)21-18(24)20-11-13-4-2-3-9-19-13/h2-9,14H,10-12H2,1H3,(H2,20,21,24)/t14-/m1/s1. The molecule has 1 atom stereocenters. The SMILES string of the molecule is COc1ccc(N2C[C@H](NC(=O)NCc3ccccn3)CC2=O)cc1. The molecular weight excluding hydrogens is 320 g/mol. The fraction of sp³-hybridized carbons (Fsp3) is 0.278. The van der Waals surface area contributed by atoms with E-state index in [0.29, 0.717) is 13.1 Å². The lowest BCUT2D eigenvalue weighted by molar-refractivity contribution is -0.117. The Bertz CT molecular complexity index is 734. The highest BCUT2D eigenvalue weighted by Gasteiger charge is 2.31. The topological polar surface area (TPSA) is 83.6 Å². The van der Waals surface area contributed by atoms with E-state index in [0.717, 1.165) is 17.1 Å². The van der Waals surface area contributed by atoms with Gasteiger partial charge in [0.05, 0.1) is 25.4 Å². The predicted molar refractivity (Wildman–Crippen MR) is 93.4 cm³/mol. The molecule has 0 radical (unpaired) electrons. The van der Waals surface area contributed by atoms with E-state index >= 15 is 0 Å². The first-order valence-electron chi connectivity index (χ1n) is 8.04. The molecule has 1 aliphatic heterocycles. The van der Waals surface area contributed by atoms with Crippen LogP contribution in [0, 0.1) is 0 Å². The molecule has 1 aromatic heterocycles. The van der Waals surface area contributed by atoms with Gasteiger partial charge >= 0.3 is 6.03 Å². The molecule has 2 heterocycles. The minimum Gasteiger partial charge on any atom is -0.497 e. The lowest BCUT2D eigenvalue weighted by atomic mass is 10.2. The summed E-state index contributed by atoms with van der Waals surface area (Å²) in [5, 5.41) is 5.59. The number of carbonyl (C=O) groups excluding carboxylic acids is 2. The number of ether oxygens (including phenoxy) is 1. The largest absolute Gasteiger partial charge is 0.497 e. The summed E-state index contributed by atoms with van der Waals surface area (Å²) in [4.78, 5) is 30.0. The maximum atomic E-state index is 12.2. The number of nitrogens with zero attached hydrogens (tertiary/aromatic N) is 2. The van der Waals surface area contributed by atoms with E-state index < -0.39 is 0 Å². The number of rotatable bonds is 5. The van der Waals surface area contributed by atoms with Gasteiger partial charge in [0.25, 0.3) is 0 Å². The van der Waals surface area contributed by atoms with Gasteiger partial charge in [0.2, 0.25) is 5.91 Å². The number of urea groups is 1. The Labute approximate surface area is 146 Å². The van der Waals surface area contributed by atoms with Crippen molar-refractivity contribution in [3.8, 4) is 5.75 Å². The first-order valence-corrected chi connectivity index (χ1v) is 8.04. The monoisotopic (exact) mass is 340 g/mol. The van der Waals surface area contributed by atoms with E-state index in [9.17, 15) is 9.59 Å². The summed E-state index contributed by atoms with van der Waals surface area (Å²) in [6, 6.07) is 12.3. The number of anilines is 1. The maximum absolute atomic E-state index is 12.2. The highest BCUT2D eigenvalue weighted by Crippen LogP contribution is 2.24. The third kappa shape index (κ3) is 4.26. The van der Waals surface area contributed by atoms with Crippen molar-refractivity contribution >= 4 is 17.6 Å². The quantitative estimate of drug-likeness (QED) is 0.868. The van der Waals surface area contributed by atoms with Crippen molar-refractivity contribution in [1.29, 1.82) is 0 Å². The number of methoxy groups -OCH3 is 1. The lowest BCUT2D eigenvalue weighted by Gasteiger charge is -2.17. The number of nitrogens with one attached hydrogen (secondary N) is 2. The molecule has 1 aliphatic rings. The summed E-state index contributed by atoms with van der Waals surface area (Å²) >= 11 is 0. The first-order chi connectivity index (χ1) is 12.2. The van der Waals surface area contributed by atoms with Gasteiger partial charge in [-0.15, -0.1) is 0 Å². The fourth-order valence-corrected chi connectivity index (χ4v) is 2.73. The predicted octanol–water partition coefficient (Wildman–Crippen LogP) is 1.69. The minimum absolute atomic E-state index is 0.0137. The lowest BCUT2D eigenvalue weighted by Crippen LogP contribution is -2.43. The van der Waals surface area contributed by atoms with Crippen LogP contribution < -0.4 is 20.3 Å². The summed E-state index contributed by atoms with van der Waals surface area (Å²) in [6.07, 6.45) is 1.96. The van der Waals surface area contributed by atoms with Crippen molar-refractivity contribution in [2.75, 3.05) is 18.6 Å².